The molecule has 1 aromatic carbocycles. The third-order valence-corrected chi connectivity index (χ3v) is 7.86. The van der Waals surface area contributed by atoms with Crippen LogP contribution in [0.2, 0.25) is 0 Å². The molecule has 1 aromatic heterocycles. The largest absolute Gasteiger partial charge is 0.487 e. The molecule has 3 atom stereocenters. The van der Waals surface area contributed by atoms with Gasteiger partial charge >= 0.3 is 0 Å². The number of carbonyl (C=O) groups is 1. The lowest BCUT2D eigenvalue weighted by Crippen LogP contribution is -2.50. The minimum absolute atomic E-state index is 0.0135. The van der Waals surface area contributed by atoms with Crippen LogP contribution >= 0.6 is 0 Å². The summed E-state index contributed by atoms with van der Waals surface area (Å²) in [5.74, 6) is -0.00290. The Balaban J connectivity index is 2.11. The summed E-state index contributed by atoms with van der Waals surface area (Å²) in [6.45, 7) is 5.58. The molecular weight excluding hydrogens is 430 g/mol. The summed E-state index contributed by atoms with van der Waals surface area (Å²) in [5, 5.41) is 9.73. The molecule has 2 heterocycles. The zero-order chi connectivity index (χ0) is 23.5. The van der Waals surface area contributed by atoms with Gasteiger partial charge in [-0.05, 0) is 30.7 Å². The number of benzene rings is 1. The van der Waals surface area contributed by atoms with E-state index in [1.54, 1.807) is 50.3 Å². The highest BCUT2D eigenvalue weighted by molar-refractivity contribution is 7.89. The highest BCUT2D eigenvalue weighted by Crippen LogP contribution is 2.36. The maximum Gasteiger partial charge on any atom is 0.247 e. The number of aliphatic hydroxyl groups is 1. The van der Waals surface area contributed by atoms with Crippen LogP contribution < -0.4 is 4.74 Å². The summed E-state index contributed by atoms with van der Waals surface area (Å²) in [6.07, 6.45) is 3.32. The SMILES string of the molecule is CCC(=O)N(C)C[C@@H]1Oc2cc(-c3cccnc3)ccc2S(=O)(=O)N([C@@H](C)CO)C[C@@H]1C. The van der Waals surface area contributed by atoms with Gasteiger partial charge in [-0.15, -0.1) is 0 Å². The van der Waals surface area contributed by atoms with Crippen LogP contribution in [0.5, 0.6) is 5.75 Å². The number of nitrogens with zero attached hydrogens (tertiary/aromatic N) is 3. The van der Waals surface area contributed by atoms with E-state index in [0.717, 1.165) is 11.1 Å². The second-order valence-electron chi connectivity index (χ2n) is 8.27. The number of sulfonamides is 1. The van der Waals surface area contributed by atoms with Gasteiger partial charge in [0.15, 0.2) is 0 Å². The fourth-order valence-electron chi connectivity index (χ4n) is 3.80. The quantitative estimate of drug-likeness (QED) is 0.709. The van der Waals surface area contributed by atoms with E-state index >= 15 is 0 Å². The number of hydrogen-bond acceptors (Lipinski definition) is 6. The molecule has 0 spiro atoms. The van der Waals surface area contributed by atoms with Gasteiger partial charge in [0.05, 0.1) is 13.2 Å². The number of rotatable bonds is 6. The molecule has 0 saturated carbocycles. The van der Waals surface area contributed by atoms with Crippen molar-refractivity contribution in [1.29, 1.82) is 0 Å². The normalized spacial score (nSPS) is 21.5. The molecule has 0 radical (unpaired) electrons. The first-order valence-corrected chi connectivity index (χ1v) is 12.2. The van der Waals surface area contributed by atoms with Crippen LogP contribution in [0.4, 0.5) is 0 Å². The highest BCUT2D eigenvalue weighted by Gasteiger charge is 2.38. The number of pyridine rings is 1. The minimum atomic E-state index is -3.91. The van der Waals surface area contributed by atoms with Crippen molar-refractivity contribution < 1.29 is 23.1 Å². The standard InChI is InChI=1S/C23H31N3O5S/c1-5-23(28)25(4)14-21-16(2)13-26(17(3)15-27)32(29,30)22-9-8-18(11-20(22)31-21)19-7-6-10-24-12-19/h6-12,16-17,21,27H,5,13-15H2,1-4H3/t16-,17-,21-/m0/s1. The Labute approximate surface area is 189 Å². The van der Waals surface area contributed by atoms with Gasteiger partial charge < -0.3 is 14.7 Å². The Hall–Kier alpha value is -2.49. The van der Waals surface area contributed by atoms with Crippen LogP contribution in [0.15, 0.2) is 47.6 Å². The molecule has 1 aliphatic rings. The van der Waals surface area contributed by atoms with E-state index in [-0.39, 0.29) is 35.6 Å². The summed E-state index contributed by atoms with van der Waals surface area (Å²) in [6, 6.07) is 8.08. The number of hydrogen-bond donors (Lipinski definition) is 1. The molecular formula is C23H31N3O5S. The molecule has 1 N–H and O–H groups in total. The van der Waals surface area contributed by atoms with E-state index in [0.29, 0.717) is 13.0 Å². The molecule has 0 fully saturated rings. The summed E-state index contributed by atoms with van der Waals surface area (Å²) in [5.41, 5.74) is 1.61. The van der Waals surface area contributed by atoms with Gasteiger partial charge in [0.2, 0.25) is 15.9 Å². The van der Waals surface area contributed by atoms with Crippen LogP contribution in [0.25, 0.3) is 11.1 Å². The van der Waals surface area contributed by atoms with Gasteiger partial charge in [0.1, 0.15) is 16.7 Å². The first-order valence-electron chi connectivity index (χ1n) is 10.8. The average Bonchev–Trinajstić information content (AvgIpc) is 2.80. The number of aromatic nitrogens is 1. The van der Waals surface area contributed by atoms with Gasteiger partial charge in [-0.25, -0.2) is 8.42 Å². The zero-order valence-electron chi connectivity index (χ0n) is 18.9. The molecule has 1 aliphatic heterocycles. The summed E-state index contributed by atoms with van der Waals surface area (Å²) in [7, 11) is -2.19. The van der Waals surface area contributed by atoms with Crippen molar-refractivity contribution in [2.75, 3.05) is 26.7 Å². The molecule has 174 valence electrons. The van der Waals surface area contributed by atoms with Crippen LogP contribution in [0, 0.1) is 5.92 Å². The van der Waals surface area contributed by atoms with Crippen molar-refractivity contribution in [3.05, 3.63) is 42.7 Å². The average molecular weight is 462 g/mol. The van der Waals surface area contributed by atoms with Crippen molar-refractivity contribution in [2.45, 2.75) is 44.2 Å². The van der Waals surface area contributed by atoms with E-state index in [2.05, 4.69) is 4.98 Å². The molecule has 8 nitrogen and oxygen atoms in total. The molecule has 9 heteroatoms. The van der Waals surface area contributed by atoms with Crippen LogP contribution in [0.3, 0.4) is 0 Å². The lowest BCUT2D eigenvalue weighted by molar-refractivity contribution is -0.131. The summed E-state index contributed by atoms with van der Waals surface area (Å²) < 4.78 is 34.6. The number of ether oxygens (including phenoxy) is 1. The van der Waals surface area contributed by atoms with E-state index in [1.807, 2.05) is 19.1 Å². The number of aliphatic hydroxyl groups excluding tert-OH is 1. The molecule has 32 heavy (non-hydrogen) atoms. The number of amides is 1. The smallest absolute Gasteiger partial charge is 0.247 e. The van der Waals surface area contributed by atoms with Gasteiger partial charge in [-0.2, -0.15) is 4.31 Å². The lowest BCUT2D eigenvalue weighted by atomic mass is 10.0. The van der Waals surface area contributed by atoms with E-state index in [4.69, 9.17) is 4.74 Å². The zero-order valence-corrected chi connectivity index (χ0v) is 19.7. The van der Waals surface area contributed by atoms with Gasteiger partial charge in [-0.3, -0.25) is 9.78 Å². The van der Waals surface area contributed by atoms with E-state index in [1.165, 1.54) is 10.4 Å². The fourth-order valence-corrected chi connectivity index (χ4v) is 5.62. The molecule has 1 amide bonds. The maximum absolute atomic E-state index is 13.5. The molecule has 2 aromatic rings. The Morgan fingerprint density at radius 1 is 1.34 bits per heavy atom. The molecule has 0 bridgehead atoms. The monoisotopic (exact) mass is 461 g/mol. The second-order valence-corrected chi connectivity index (χ2v) is 10.1. The Kier molecular flexibility index (Phi) is 7.53. The topological polar surface area (TPSA) is 100 Å². The Bertz CT molecular complexity index is 1040. The lowest BCUT2D eigenvalue weighted by Gasteiger charge is -2.37. The van der Waals surface area contributed by atoms with Crippen molar-refractivity contribution in [3.8, 4) is 16.9 Å². The van der Waals surface area contributed by atoms with E-state index < -0.39 is 22.2 Å². The summed E-state index contributed by atoms with van der Waals surface area (Å²) in [4.78, 5) is 18.0. The van der Waals surface area contributed by atoms with Crippen LogP contribution in [0.1, 0.15) is 27.2 Å². The number of likely N-dealkylation sites (N-methyl/N-ethyl adjacent to an activating group) is 1. The third kappa shape index (κ3) is 4.95. The van der Waals surface area contributed by atoms with Crippen molar-refractivity contribution in [2.24, 2.45) is 5.92 Å². The fraction of sp³-hybridized carbons (Fsp3) is 0.478. The van der Waals surface area contributed by atoms with Crippen LogP contribution in [-0.2, 0) is 14.8 Å². The van der Waals surface area contributed by atoms with E-state index in [9.17, 15) is 18.3 Å². The van der Waals surface area contributed by atoms with Gasteiger partial charge in [0, 0.05) is 49.9 Å². The first kappa shape index (κ1) is 24.2. The third-order valence-electron chi connectivity index (χ3n) is 5.84. The van der Waals surface area contributed by atoms with Gasteiger partial charge in [-0.1, -0.05) is 26.0 Å². The molecule has 0 unspecified atom stereocenters. The van der Waals surface area contributed by atoms with Crippen molar-refractivity contribution in [1.82, 2.24) is 14.2 Å². The predicted octanol–water partition coefficient (Wildman–Crippen LogP) is 2.39. The van der Waals surface area contributed by atoms with Gasteiger partial charge in [0.25, 0.3) is 0 Å². The number of fused-ring (bicyclic) bond motifs is 1. The maximum atomic E-state index is 13.5. The second kappa shape index (κ2) is 9.97. The van der Waals surface area contributed by atoms with Crippen molar-refractivity contribution >= 4 is 15.9 Å². The van der Waals surface area contributed by atoms with Crippen LogP contribution in [-0.4, -0.2) is 72.5 Å². The summed E-state index contributed by atoms with van der Waals surface area (Å²) >= 11 is 0. The molecule has 0 saturated heterocycles. The Morgan fingerprint density at radius 3 is 2.72 bits per heavy atom. The predicted molar refractivity (Wildman–Crippen MR) is 122 cm³/mol. The number of carbonyl (C=O) groups excluding carboxylic acids is 1. The highest BCUT2D eigenvalue weighted by atomic mass is 32.2. The van der Waals surface area contributed by atoms with Crippen molar-refractivity contribution in [3.63, 3.8) is 0 Å². The molecule has 3 rings (SSSR count). The minimum Gasteiger partial charge on any atom is -0.487 e. The molecule has 0 aliphatic carbocycles. The first-order chi connectivity index (χ1) is 15.2. The Morgan fingerprint density at radius 2 is 2.09 bits per heavy atom.